The Bertz CT molecular complexity index is 1240. The lowest BCUT2D eigenvalue weighted by Gasteiger charge is -2.45. The Hall–Kier alpha value is -3.24. The van der Waals surface area contributed by atoms with Gasteiger partial charge in [0.2, 0.25) is 0 Å². The van der Waals surface area contributed by atoms with Gasteiger partial charge in [0.15, 0.2) is 0 Å². The fourth-order valence-electron chi connectivity index (χ4n) is 4.45. The molecule has 0 amide bonds. The van der Waals surface area contributed by atoms with E-state index in [4.69, 9.17) is 0 Å². The fraction of sp³-hybridized carbons (Fsp3) is 0.417. The zero-order valence-corrected chi connectivity index (χ0v) is 18.8. The van der Waals surface area contributed by atoms with Crippen LogP contribution in [0.2, 0.25) is 0 Å². The summed E-state index contributed by atoms with van der Waals surface area (Å²) < 4.78 is 1.59. The van der Waals surface area contributed by atoms with Crippen LogP contribution in [0, 0.1) is 25.2 Å². The van der Waals surface area contributed by atoms with E-state index in [2.05, 4.69) is 58.7 Å². The van der Waals surface area contributed by atoms with Gasteiger partial charge in [0, 0.05) is 56.2 Å². The molecule has 0 bridgehead atoms. The molecule has 0 unspecified atom stereocenters. The van der Waals surface area contributed by atoms with Crippen LogP contribution in [0.15, 0.2) is 35.1 Å². The maximum atomic E-state index is 12.6. The van der Waals surface area contributed by atoms with Crippen molar-refractivity contribution in [1.82, 2.24) is 19.4 Å². The lowest BCUT2D eigenvalue weighted by molar-refractivity contribution is 0.157. The van der Waals surface area contributed by atoms with E-state index in [0.717, 1.165) is 42.2 Å². The molecule has 3 aromatic rings. The van der Waals surface area contributed by atoms with Gasteiger partial charge in [-0.25, -0.2) is 4.98 Å². The second kappa shape index (κ2) is 8.12. The van der Waals surface area contributed by atoms with E-state index in [9.17, 15) is 10.1 Å². The Morgan fingerprint density at radius 2 is 1.87 bits per heavy atom. The normalized spacial score (nSPS) is 19.5. The Morgan fingerprint density at radius 1 is 1.10 bits per heavy atom. The van der Waals surface area contributed by atoms with Gasteiger partial charge in [-0.15, -0.1) is 0 Å². The van der Waals surface area contributed by atoms with Gasteiger partial charge in [0.1, 0.15) is 17.3 Å². The highest BCUT2D eigenvalue weighted by Crippen LogP contribution is 2.29. The predicted octanol–water partition coefficient (Wildman–Crippen LogP) is 2.92. The molecule has 31 heavy (non-hydrogen) atoms. The Kier molecular flexibility index (Phi) is 5.50. The maximum absolute atomic E-state index is 12.6. The first-order chi connectivity index (χ1) is 14.8. The van der Waals surface area contributed by atoms with Crippen LogP contribution in [0.1, 0.15) is 36.5 Å². The van der Waals surface area contributed by atoms with Gasteiger partial charge >= 0.3 is 0 Å². The Labute approximate surface area is 182 Å². The smallest absolute Gasteiger partial charge is 0.252 e. The van der Waals surface area contributed by atoms with E-state index in [-0.39, 0.29) is 17.6 Å². The summed E-state index contributed by atoms with van der Waals surface area (Å²) in [5.41, 5.74) is 5.89. The van der Waals surface area contributed by atoms with Crippen LogP contribution in [0.5, 0.6) is 0 Å². The van der Waals surface area contributed by atoms with E-state index in [1.54, 1.807) is 23.7 Å². The fourth-order valence-corrected chi connectivity index (χ4v) is 4.45. The lowest BCUT2D eigenvalue weighted by atomic mass is 10.0. The second-order valence-electron chi connectivity index (χ2n) is 8.58. The largest absolute Gasteiger partial charge is 0.364 e. The molecule has 0 aromatic carbocycles. The molecule has 7 nitrogen and oxygen atoms in total. The third-order valence-electron chi connectivity index (χ3n) is 6.32. The van der Waals surface area contributed by atoms with Gasteiger partial charge < -0.3 is 9.47 Å². The first-order valence-electron chi connectivity index (χ1n) is 10.6. The lowest BCUT2D eigenvalue weighted by Crippen LogP contribution is -2.56. The summed E-state index contributed by atoms with van der Waals surface area (Å²) in [4.78, 5) is 26.5. The van der Waals surface area contributed by atoms with Crippen LogP contribution in [0.25, 0.3) is 11.0 Å². The van der Waals surface area contributed by atoms with Gasteiger partial charge in [-0.1, -0.05) is 6.07 Å². The number of piperazine rings is 1. The average molecular weight is 417 g/mol. The van der Waals surface area contributed by atoms with Crippen molar-refractivity contribution in [3.8, 4) is 6.07 Å². The summed E-state index contributed by atoms with van der Waals surface area (Å²) in [6.07, 6.45) is 0. The number of aryl methyl sites for hydroxylation is 3. The van der Waals surface area contributed by atoms with Gasteiger partial charge in [-0.05, 0) is 51.5 Å². The first-order valence-corrected chi connectivity index (χ1v) is 10.6. The molecule has 1 saturated heterocycles. The van der Waals surface area contributed by atoms with Crippen LogP contribution < -0.4 is 10.5 Å². The van der Waals surface area contributed by atoms with Crippen molar-refractivity contribution in [1.29, 1.82) is 5.26 Å². The second-order valence-corrected chi connectivity index (χ2v) is 8.58. The summed E-state index contributed by atoms with van der Waals surface area (Å²) in [7, 11) is 1.74. The number of anilines is 1. The molecule has 3 aromatic heterocycles. The highest BCUT2D eigenvalue weighted by molar-refractivity contribution is 5.89. The Morgan fingerprint density at radius 3 is 2.58 bits per heavy atom. The van der Waals surface area contributed by atoms with Crippen molar-refractivity contribution in [3.63, 3.8) is 0 Å². The topological polar surface area (TPSA) is 78.0 Å². The van der Waals surface area contributed by atoms with E-state index in [1.165, 1.54) is 5.56 Å². The van der Waals surface area contributed by atoms with Gasteiger partial charge in [-0.2, -0.15) is 5.26 Å². The van der Waals surface area contributed by atoms with Crippen molar-refractivity contribution in [2.75, 3.05) is 18.0 Å². The molecule has 1 aliphatic rings. The molecule has 0 spiro atoms. The van der Waals surface area contributed by atoms with Crippen molar-refractivity contribution in [2.45, 2.75) is 46.3 Å². The van der Waals surface area contributed by atoms with Crippen molar-refractivity contribution in [2.24, 2.45) is 7.05 Å². The number of hydrogen-bond donors (Lipinski definition) is 0. The van der Waals surface area contributed by atoms with Crippen molar-refractivity contribution < 1.29 is 0 Å². The number of aromatic nitrogens is 3. The molecule has 0 N–H and O–H groups in total. The zero-order chi connectivity index (χ0) is 22.3. The summed E-state index contributed by atoms with van der Waals surface area (Å²) in [6.45, 7) is 11.0. The minimum absolute atomic E-state index is 0.0716. The van der Waals surface area contributed by atoms with Crippen LogP contribution in [-0.2, 0) is 13.6 Å². The average Bonchev–Trinajstić information content (AvgIpc) is 2.74. The molecular weight excluding hydrogens is 388 g/mol. The minimum Gasteiger partial charge on any atom is -0.364 e. The molecule has 0 radical (unpaired) electrons. The van der Waals surface area contributed by atoms with Crippen molar-refractivity contribution >= 4 is 16.7 Å². The molecule has 4 heterocycles. The highest BCUT2D eigenvalue weighted by Gasteiger charge is 2.31. The van der Waals surface area contributed by atoms with Crippen molar-refractivity contribution in [3.05, 3.63) is 63.3 Å². The number of fused-ring (bicyclic) bond motifs is 1. The number of pyridine rings is 3. The highest BCUT2D eigenvalue weighted by atomic mass is 16.1. The summed E-state index contributed by atoms with van der Waals surface area (Å²) in [6, 6.07) is 12.0. The molecule has 1 aliphatic heterocycles. The Balaban J connectivity index is 1.67. The molecule has 4 rings (SSSR count). The monoisotopic (exact) mass is 416 g/mol. The van der Waals surface area contributed by atoms with Crippen LogP contribution in [-0.4, -0.2) is 44.6 Å². The van der Waals surface area contributed by atoms with Crippen LogP contribution >= 0.6 is 0 Å². The summed E-state index contributed by atoms with van der Waals surface area (Å²) in [5, 5.41) is 9.32. The SMILES string of the molecule is Cc1ccc(CN2C[C@H](C)N(c3cc(=O)n(C)c4ccc(C#N)nc34)C[C@H]2C)c(C)n1. The third kappa shape index (κ3) is 3.91. The first kappa shape index (κ1) is 21.0. The van der Waals surface area contributed by atoms with Gasteiger partial charge in [-0.3, -0.25) is 14.7 Å². The number of nitrogens with zero attached hydrogens (tertiary/aromatic N) is 6. The van der Waals surface area contributed by atoms with E-state index < -0.39 is 0 Å². The summed E-state index contributed by atoms with van der Waals surface area (Å²) >= 11 is 0. The molecule has 160 valence electrons. The number of rotatable bonds is 3. The molecule has 7 heteroatoms. The van der Waals surface area contributed by atoms with Crippen LogP contribution in [0.3, 0.4) is 0 Å². The zero-order valence-electron chi connectivity index (χ0n) is 18.8. The molecule has 1 fully saturated rings. The number of nitriles is 1. The standard InChI is InChI=1S/C24H28N6O/c1-15-6-7-19(18(4)26-15)14-29-12-17(3)30(13-16(29)2)22-10-23(31)28(5)21-9-8-20(11-25)27-24(21)22/h6-10,16-17H,12-14H2,1-5H3/t16-,17+/m1/s1. The predicted molar refractivity (Wildman–Crippen MR) is 122 cm³/mol. The van der Waals surface area contributed by atoms with Gasteiger partial charge in [0.25, 0.3) is 5.56 Å². The molecule has 0 aliphatic carbocycles. The quantitative estimate of drug-likeness (QED) is 0.653. The maximum Gasteiger partial charge on any atom is 0.252 e. The molecular formula is C24H28N6O. The van der Waals surface area contributed by atoms with E-state index in [1.807, 2.05) is 13.0 Å². The van der Waals surface area contributed by atoms with E-state index in [0.29, 0.717) is 11.2 Å². The minimum atomic E-state index is -0.0716. The third-order valence-corrected chi connectivity index (χ3v) is 6.32. The molecule has 2 atom stereocenters. The number of hydrogen-bond acceptors (Lipinski definition) is 6. The summed E-state index contributed by atoms with van der Waals surface area (Å²) in [5.74, 6) is 0. The van der Waals surface area contributed by atoms with Gasteiger partial charge in [0.05, 0.1) is 11.2 Å². The molecule has 0 saturated carbocycles. The van der Waals surface area contributed by atoms with E-state index >= 15 is 0 Å². The van der Waals surface area contributed by atoms with Crippen LogP contribution in [0.4, 0.5) is 5.69 Å².